The van der Waals surface area contributed by atoms with Crippen molar-refractivity contribution in [3.63, 3.8) is 0 Å². The second-order valence-electron chi connectivity index (χ2n) is 4.87. The fourth-order valence-corrected chi connectivity index (χ4v) is 2.49. The van der Waals surface area contributed by atoms with E-state index < -0.39 is 33.1 Å². The van der Waals surface area contributed by atoms with Crippen molar-refractivity contribution in [1.82, 2.24) is 0 Å². The van der Waals surface area contributed by atoms with Gasteiger partial charge in [0.25, 0.3) is 5.91 Å². The van der Waals surface area contributed by atoms with Crippen LogP contribution >= 0.6 is 0 Å². The van der Waals surface area contributed by atoms with E-state index in [0.29, 0.717) is 0 Å². The van der Waals surface area contributed by atoms with Crippen LogP contribution in [0.1, 0.15) is 10.4 Å². The third kappa shape index (κ3) is 4.42. The van der Waals surface area contributed by atoms with E-state index in [2.05, 4.69) is 10.0 Å². The topological polar surface area (TPSA) is 84.5 Å². The minimum atomic E-state index is -3.51. The highest BCUT2D eigenvalue weighted by molar-refractivity contribution is 7.92. The Bertz CT molecular complexity index is 885. The molecule has 0 unspecified atom stereocenters. The Morgan fingerprint density at radius 3 is 2.46 bits per heavy atom. The fraction of sp³-hybridized carbons (Fsp3) is 0.133. The number of halogens is 2. The molecule has 0 radical (unpaired) electrons. The van der Waals surface area contributed by atoms with Gasteiger partial charge in [0, 0.05) is 11.8 Å². The maximum atomic E-state index is 13.6. The smallest absolute Gasteiger partial charge is 0.258 e. The van der Waals surface area contributed by atoms with Crippen LogP contribution in [0.2, 0.25) is 0 Å². The second-order valence-corrected chi connectivity index (χ2v) is 6.62. The van der Waals surface area contributed by atoms with E-state index >= 15 is 0 Å². The van der Waals surface area contributed by atoms with Crippen molar-refractivity contribution in [2.45, 2.75) is 0 Å². The highest BCUT2D eigenvalue weighted by Gasteiger charge is 2.15. The highest BCUT2D eigenvalue weighted by atomic mass is 32.2. The van der Waals surface area contributed by atoms with Crippen LogP contribution in [0.15, 0.2) is 36.4 Å². The van der Waals surface area contributed by atoms with Gasteiger partial charge in [0.2, 0.25) is 10.0 Å². The van der Waals surface area contributed by atoms with Gasteiger partial charge in [-0.05, 0) is 30.3 Å². The number of nitrogens with one attached hydrogen (secondary N) is 2. The number of hydrogen-bond donors (Lipinski definition) is 2. The lowest BCUT2D eigenvalue weighted by Gasteiger charge is -2.12. The molecule has 6 nitrogen and oxygen atoms in total. The summed E-state index contributed by atoms with van der Waals surface area (Å²) >= 11 is 0. The van der Waals surface area contributed by atoms with Crippen LogP contribution < -0.4 is 14.8 Å². The van der Waals surface area contributed by atoms with Gasteiger partial charge < -0.3 is 10.1 Å². The lowest BCUT2D eigenvalue weighted by atomic mass is 10.2. The van der Waals surface area contributed by atoms with E-state index in [0.717, 1.165) is 24.5 Å². The Morgan fingerprint density at radius 1 is 1.12 bits per heavy atom. The average Bonchev–Trinajstić information content (AvgIpc) is 2.49. The zero-order valence-electron chi connectivity index (χ0n) is 12.8. The van der Waals surface area contributed by atoms with Gasteiger partial charge in [0.15, 0.2) is 0 Å². The molecule has 0 saturated carbocycles. The number of hydrogen-bond acceptors (Lipinski definition) is 4. The zero-order valence-corrected chi connectivity index (χ0v) is 13.6. The van der Waals surface area contributed by atoms with Crippen LogP contribution in [0.5, 0.6) is 5.75 Å². The molecule has 0 atom stereocenters. The molecular weight excluding hydrogens is 342 g/mol. The van der Waals surface area contributed by atoms with E-state index in [1.54, 1.807) is 0 Å². The van der Waals surface area contributed by atoms with Crippen LogP contribution in [0.3, 0.4) is 0 Å². The Labute approximate surface area is 137 Å². The summed E-state index contributed by atoms with van der Waals surface area (Å²) in [5.41, 5.74) is -0.0539. The molecule has 2 N–H and O–H groups in total. The minimum absolute atomic E-state index is 0.151. The van der Waals surface area contributed by atoms with Crippen LogP contribution in [0.4, 0.5) is 20.2 Å². The van der Waals surface area contributed by atoms with Crippen molar-refractivity contribution in [1.29, 1.82) is 0 Å². The molecule has 0 aliphatic rings. The van der Waals surface area contributed by atoms with Crippen LogP contribution in [-0.2, 0) is 10.0 Å². The van der Waals surface area contributed by atoms with Gasteiger partial charge in [-0.25, -0.2) is 17.2 Å². The lowest BCUT2D eigenvalue weighted by Crippen LogP contribution is -2.15. The van der Waals surface area contributed by atoms with Crippen molar-refractivity contribution >= 4 is 27.3 Å². The standard InChI is InChI=1S/C15H14F2N2O4S/c1-23-14-8-10(4-6-13(14)19-24(2,21)22)18-15(20)11-7-9(16)3-5-12(11)17/h3-8,19H,1-2H3,(H,18,20). The van der Waals surface area contributed by atoms with Crippen molar-refractivity contribution in [3.05, 3.63) is 53.6 Å². The third-order valence-corrected chi connectivity index (χ3v) is 3.52. The monoisotopic (exact) mass is 356 g/mol. The largest absolute Gasteiger partial charge is 0.494 e. The van der Waals surface area contributed by atoms with Gasteiger partial charge in [-0.1, -0.05) is 0 Å². The molecule has 0 aromatic heterocycles. The van der Waals surface area contributed by atoms with Gasteiger partial charge >= 0.3 is 0 Å². The van der Waals surface area contributed by atoms with Crippen LogP contribution in [-0.4, -0.2) is 27.7 Å². The zero-order chi connectivity index (χ0) is 17.9. The summed E-state index contributed by atoms with van der Waals surface area (Å²) in [5.74, 6) is -2.31. The number of methoxy groups -OCH3 is 1. The van der Waals surface area contributed by atoms with Crippen LogP contribution in [0, 0.1) is 11.6 Å². The van der Waals surface area contributed by atoms with Gasteiger partial charge in [-0.15, -0.1) is 0 Å². The molecular formula is C15H14F2N2O4S. The Kier molecular flexibility index (Phi) is 5.03. The predicted octanol–water partition coefficient (Wildman–Crippen LogP) is 2.60. The summed E-state index contributed by atoms with van der Waals surface area (Å²) in [6, 6.07) is 6.65. The third-order valence-electron chi connectivity index (χ3n) is 2.93. The first kappa shape index (κ1) is 17.7. The highest BCUT2D eigenvalue weighted by Crippen LogP contribution is 2.29. The summed E-state index contributed by atoms with van der Waals surface area (Å²) in [6.45, 7) is 0. The van der Waals surface area contributed by atoms with Gasteiger partial charge in [-0.2, -0.15) is 0 Å². The van der Waals surface area contributed by atoms with Gasteiger partial charge in [-0.3, -0.25) is 9.52 Å². The molecule has 2 rings (SSSR count). The van der Waals surface area contributed by atoms with E-state index in [1.807, 2.05) is 0 Å². The summed E-state index contributed by atoms with van der Waals surface area (Å²) in [5, 5.41) is 2.39. The number of rotatable bonds is 5. The molecule has 0 fully saturated rings. The molecule has 0 aliphatic heterocycles. The first-order chi connectivity index (χ1) is 11.2. The molecule has 2 aromatic rings. The second kappa shape index (κ2) is 6.83. The summed E-state index contributed by atoms with van der Waals surface area (Å²) in [4.78, 5) is 12.0. The number of carbonyl (C=O) groups is 1. The molecule has 0 aliphatic carbocycles. The fourth-order valence-electron chi connectivity index (χ4n) is 1.92. The molecule has 128 valence electrons. The van der Waals surface area contributed by atoms with E-state index in [9.17, 15) is 22.0 Å². The summed E-state index contributed by atoms with van der Waals surface area (Å²) in [6.07, 6.45) is 0.981. The molecule has 24 heavy (non-hydrogen) atoms. The first-order valence-corrected chi connectivity index (χ1v) is 8.51. The van der Waals surface area contributed by atoms with E-state index in [1.165, 1.54) is 25.3 Å². The van der Waals surface area contributed by atoms with Crippen molar-refractivity contribution in [2.24, 2.45) is 0 Å². The summed E-state index contributed by atoms with van der Waals surface area (Å²) in [7, 11) is -2.19. The Hall–Kier alpha value is -2.68. The maximum Gasteiger partial charge on any atom is 0.258 e. The molecule has 1 amide bonds. The predicted molar refractivity (Wildman–Crippen MR) is 85.8 cm³/mol. The number of carbonyl (C=O) groups excluding carboxylic acids is 1. The van der Waals surface area contributed by atoms with Crippen molar-refractivity contribution < 1.29 is 26.7 Å². The quantitative estimate of drug-likeness (QED) is 0.862. The molecule has 2 aromatic carbocycles. The first-order valence-electron chi connectivity index (χ1n) is 6.62. The van der Waals surface area contributed by atoms with Gasteiger partial charge in [0.05, 0.1) is 24.6 Å². The normalized spacial score (nSPS) is 11.0. The molecule has 0 saturated heterocycles. The number of benzene rings is 2. The Balaban J connectivity index is 2.27. The van der Waals surface area contributed by atoms with Crippen LogP contribution in [0.25, 0.3) is 0 Å². The average molecular weight is 356 g/mol. The number of sulfonamides is 1. The minimum Gasteiger partial charge on any atom is -0.494 e. The SMILES string of the molecule is COc1cc(NC(=O)c2cc(F)ccc2F)ccc1NS(C)(=O)=O. The van der Waals surface area contributed by atoms with Gasteiger partial charge in [0.1, 0.15) is 17.4 Å². The number of amides is 1. The maximum absolute atomic E-state index is 13.6. The molecule has 0 spiro atoms. The van der Waals surface area contributed by atoms with Crippen molar-refractivity contribution in [3.8, 4) is 5.75 Å². The van der Waals surface area contributed by atoms with E-state index in [4.69, 9.17) is 4.74 Å². The summed E-state index contributed by atoms with van der Waals surface area (Å²) < 4.78 is 56.6. The number of ether oxygens (including phenoxy) is 1. The molecule has 0 heterocycles. The molecule has 0 bridgehead atoms. The van der Waals surface area contributed by atoms with E-state index in [-0.39, 0.29) is 17.1 Å². The lowest BCUT2D eigenvalue weighted by molar-refractivity contribution is 0.102. The molecule has 9 heteroatoms. The Morgan fingerprint density at radius 2 is 1.83 bits per heavy atom. The van der Waals surface area contributed by atoms with Crippen molar-refractivity contribution in [2.75, 3.05) is 23.4 Å². The number of anilines is 2.